The fourth-order valence-corrected chi connectivity index (χ4v) is 11.5. The summed E-state index contributed by atoms with van der Waals surface area (Å²) in [5, 5.41) is 4.80. The summed E-state index contributed by atoms with van der Waals surface area (Å²) >= 11 is 0. The number of hydrogen-bond donors (Lipinski definition) is 0. The molecular formula is C67H46N4. The van der Waals surface area contributed by atoms with E-state index in [2.05, 4.69) is 254 Å². The van der Waals surface area contributed by atoms with Crippen molar-refractivity contribution in [1.29, 1.82) is 0 Å². The standard InChI is InChI=1S/C67H46N4/c1-67(2)60-22-12-9-19-54(60)55-32-31-53(40-61(55)67)70-62-23-13-10-20-56(62)58-38-47(29-33-64(58)70)48-30-34-65-59(39-48)57-21-11-14-24-63(57)71(65)66-68-41-52(42-69-66)51-36-49(44-17-7-4-8-18-44)35-50(37-51)46-27-25-45(26-28-46)43-15-5-3-6-16-43/h3-42H,1-2H3. The molecule has 4 nitrogen and oxygen atoms in total. The number of hydrogen-bond acceptors (Lipinski definition) is 2. The molecule has 0 amide bonds. The zero-order valence-electron chi connectivity index (χ0n) is 39.4. The van der Waals surface area contributed by atoms with Crippen LogP contribution in [-0.2, 0) is 5.41 Å². The molecule has 0 spiro atoms. The van der Waals surface area contributed by atoms with E-state index in [1.165, 1.54) is 66.4 Å². The molecule has 0 unspecified atom stereocenters. The van der Waals surface area contributed by atoms with Gasteiger partial charge in [-0.05, 0) is 139 Å². The van der Waals surface area contributed by atoms with E-state index in [1.54, 1.807) is 0 Å². The lowest BCUT2D eigenvalue weighted by molar-refractivity contribution is 0.660. The van der Waals surface area contributed by atoms with Crippen LogP contribution in [-0.4, -0.2) is 19.1 Å². The van der Waals surface area contributed by atoms with Gasteiger partial charge in [-0.1, -0.05) is 178 Å². The monoisotopic (exact) mass is 906 g/mol. The fraction of sp³-hybridized carbons (Fsp3) is 0.0448. The molecule has 4 heteroatoms. The van der Waals surface area contributed by atoms with Crippen molar-refractivity contribution in [2.24, 2.45) is 0 Å². The maximum Gasteiger partial charge on any atom is 0.234 e. The summed E-state index contributed by atoms with van der Waals surface area (Å²) in [6, 6.07) is 83.9. The van der Waals surface area contributed by atoms with Gasteiger partial charge in [0.25, 0.3) is 0 Å². The molecule has 1 aliphatic rings. The van der Waals surface area contributed by atoms with Gasteiger partial charge in [0.05, 0.1) is 22.1 Å². The summed E-state index contributed by atoms with van der Waals surface area (Å²) < 4.78 is 4.64. The van der Waals surface area contributed by atoms with E-state index < -0.39 is 0 Å². The first kappa shape index (κ1) is 40.9. The SMILES string of the molecule is CC1(C)c2ccccc2-c2ccc(-n3c4ccccc4c4cc(-c5ccc6c(c5)c5ccccc5n6-c5ncc(-c6cc(-c7ccccc7)cc(-c7ccc(-c8ccccc8)cc7)c6)cn5)ccc43)cc21. The van der Waals surface area contributed by atoms with Gasteiger partial charge in [0, 0.05) is 50.6 Å². The molecule has 10 aromatic carbocycles. The van der Waals surface area contributed by atoms with Crippen molar-refractivity contribution in [2.45, 2.75) is 19.3 Å². The number of aromatic nitrogens is 4. The molecule has 71 heavy (non-hydrogen) atoms. The summed E-state index contributed by atoms with van der Waals surface area (Å²) in [7, 11) is 0. The van der Waals surface area contributed by atoms with Crippen LogP contribution in [0.25, 0.3) is 122 Å². The predicted molar refractivity (Wildman–Crippen MR) is 295 cm³/mol. The zero-order chi connectivity index (χ0) is 47.2. The quantitative estimate of drug-likeness (QED) is 0.160. The van der Waals surface area contributed by atoms with Gasteiger partial charge < -0.3 is 4.57 Å². The molecule has 13 aromatic rings. The van der Waals surface area contributed by atoms with Crippen LogP contribution in [0, 0.1) is 0 Å². The Morgan fingerprint density at radius 3 is 1.35 bits per heavy atom. The highest BCUT2D eigenvalue weighted by molar-refractivity contribution is 6.12. The van der Waals surface area contributed by atoms with Gasteiger partial charge in [-0.25, -0.2) is 9.97 Å². The van der Waals surface area contributed by atoms with Crippen LogP contribution in [0.5, 0.6) is 0 Å². The van der Waals surface area contributed by atoms with Crippen molar-refractivity contribution in [3.8, 4) is 78.4 Å². The smallest absolute Gasteiger partial charge is 0.234 e. The average molecular weight is 907 g/mol. The number of rotatable bonds is 7. The minimum absolute atomic E-state index is 0.0806. The van der Waals surface area contributed by atoms with Crippen molar-refractivity contribution in [2.75, 3.05) is 0 Å². The lowest BCUT2D eigenvalue weighted by Gasteiger charge is -2.22. The third-order valence-corrected chi connectivity index (χ3v) is 15.0. The van der Waals surface area contributed by atoms with Crippen LogP contribution in [0.15, 0.2) is 243 Å². The lowest BCUT2D eigenvalue weighted by atomic mass is 9.82. The Hall–Kier alpha value is -9.12. The fourth-order valence-electron chi connectivity index (χ4n) is 11.5. The third-order valence-electron chi connectivity index (χ3n) is 15.0. The molecule has 0 saturated carbocycles. The largest absolute Gasteiger partial charge is 0.309 e. The van der Waals surface area contributed by atoms with Gasteiger partial charge >= 0.3 is 0 Å². The average Bonchev–Trinajstić information content (AvgIpc) is 4.03. The molecule has 0 aliphatic heterocycles. The van der Waals surface area contributed by atoms with Crippen molar-refractivity contribution in [3.63, 3.8) is 0 Å². The Morgan fingerprint density at radius 2 is 0.732 bits per heavy atom. The Bertz CT molecular complexity index is 4220. The van der Waals surface area contributed by atoms with Gasteiger partial charge in [0.2, 0.25) is 5.95 Å². The summed E-state index contributed by atoms with van der Waals surface area (Å²) in [4.78, 5) is 10.2. The molecule has 3 heterocycles. The summed E-state index contributed by atoms with van der Waals surface area (Å²) in [5.74, 6) is 0.636. The first-order chi connectivity index (χ1) is 34.9. The number of nitrogens with zero attached hydrogens (tertiary/aromatic N) is 4. The Morgan fingerprint density at radius 1 is 0.296 bits per heavy atom. The van der Waals surface area contributed by atoms with E-state index in [0.717, 1.165) is 60.8 Å². The highest BCUT2D eigenvalue weighted by Gasteiger charge is 2.35. The predicted octanol–water partition coefficient (Wildman–Crippen LogP) is 17.3. The minimum Gasteiger partial charge on any atom is -0.309 e. The van der Waals surface area contributed by atoms with E-state index in [-0.39, 0.29) is 5.41 Å². The van der Waals surface area contributed by atoms with Gasteiger partial charge in [0.1, 0.15) is 0 Å². The van der Waals surface area contributed by atoms with Crippen LogP contribution < -0.4 is 0 Å². The summed E-state index contributed by atoms with van der Waals surface area (Å²) in [6.07, 6.45) is 3.94. The summed E-state index contributed by atoms with van der Waals surface area (Å²) in [5.41, 5.74) is 22.4. The molecular weight excluding hydrogens is 861 g/mol. The van der Waals surface area contributed by atoms with E-state index in [1.807, 2.05) is 12.4 Å². The van der Waals surface area contributed by atoms with E-state index >= 15 is 0 Å². The minimum atomic E-state index is -0.0806. The zero-order valence-corrected chi connectivity index (χ0v) is 39.4. The first-order valence-electron chi connectivity index (χ1n) is 24.5. The Kier molecular flexibility index (Phi) is 9.21. The molecule has 334 valence electrons. The lowest BCUT2D eigenvalue weighted by Crippen LogP contribution is -2.15. The molecule has 0 bridgehead atoms. The second-order valence-electron chi connectivity index (χ2n) is 19.4. The molecule has 1 aliphatic carbocycles. The van der Waals surface area contributed by atoms with Crippen LogP contribution in [0.1, 0.15) is 25.0 Å². The summed E-state index contributed by atoms with van der Waals surface area (Å²) in [6.45, 7) is 4.71. The van der Waals surface area contributed by atoms with Crippen LogP contribution in [0.4, 0.5) is 0 Å². The second kappa shape index (κ2) is 16.0. The number of fused-ring (bicyclic) bond motifs is 9. The highest BCUT2D eigenvalue weighted by atomic mass is 15.1. The van der Waals surface area contributed by atoms with Gasteiger partial charge in [-0.15, -0.1) is 0 Å². The number of para-hydroxylation sites is 2. The van der Waals surface area contributed by atoms with Crippen molar-refractivity contribution in [3.05, 3.63) is 254 Å². The van der Waals surface area contributed by atoms with E-state index in [4.69, 9.17) is 9.97 Å². The molecule has 3 aromatic heterocycles. The molecule has 0 saturated heterocycles. The van der Waals surface area contributed by atoms with Gasteiger partial charge in [-0.2, -0.15) is 0 Å². The van der Waals surface area contributed by atoms with E-state index in [0.29, 0.717) is 5.95 Å². The first-order valence-corrected chi connectivity index (χ1v) is 24.5. The van der Waals surface area contributed by atoms with E-state index in [9.17, 15) is 0 Å². The topological polar surface area (TPSA) is 35.6 Å². The Balaban J connectivity index is 0.831. The second-order valence-corrected chi connectivity index (χ2v) is 19.4. The van der Waals surface area contributed by atoms with Crippen molar-refractivity contribution >= 4 is 43.6 Å². The van der Waals surface area contributed by atoms with Crippen LogP contribution in [0.2, 0.25) is 0 Å². The van der Waals surface area contributed by atoms with Crippen molar-refractivity contribution < 1.29 is 0 Å². The number of benzene rings is 10. The highest BCUT2D eigenvalue weighted by Crippen LogP contribution is 2.50. The van der Waals surface area contributed by atoms with Gasteiger partial charge in [-0.3, -0.25) is 4.57 Å². The third kappa shape index (κ3) is 6.60. The Labute approximate surface area is 412 Å². The normalized spacial score (nSPS) is 12.8. The van der Waals surface area contributed by atoms with Gasteiger partial charge in [0.15, 0.2) is 0 Å². The maximum atomic E-state index is 5.11. The molecule has 0 N–H and O–H groups in total. The molecule has 0 atom stereocenters. The maximum absolute atomic E-state index is 5.11. The molecule has 0 fully saturated rings. The van der Waals surface area contributed by atoms with Crippen molar-refractivity contribution in [1.82, 2.24) is 19.1 Å². The van der Waals surface area contributed by atoms with Crippen LogP contribution >= 0.6 is 0 Å². The molecule has 0 radical (unpaired) electrons. The van der Waals surface area contributed by atoms with Crippen LogP contribution in [0.3, 0.4) is 0 Å². The molecule has 14 rings (SSSR count).